The van der Waals surface area contributed by atoms with E-state index in [9.17, 15) is 4.89 Å². The third kappa shape index (κ3) is 2.31. The van der Waals surface area contributed by atoms with E-state index in [1.165, 1.54) is 0 Å². The molecule has 0 spiro atoms. The van der Waals surface area contributed by atoms with E-state index in [1.54, 1.807) is 0 Å². The minimum absolute atomic E-state index is 0.0219. The minimum atomic E-state index is -2.69. The fraction of sp³-hybridized carbons (Fsp3) is 1.00. The molecule has 0 aromatic rings. The molecule has 3 aliphatic rings. The molecule has 0 aromatic heterocycles. The Morgan fingerprint density at radius 3 is 1.67 bits per heavy atom. The molecule has 3 fully saturated rings. The molecule has 0 amide bonds. The van der Waals surface area contributed by atoms with Gasteiger partial charge in [-0.25, -0.2) is 0 Å². The van der Waals surface area contributed by atoms with Gasteiger partial charge in [0, 0.05) is 0 Å². The number of rotatable bonds is 3. The number of hydrogen-bond acceptors (Lipinski definition) is 6. The Hall–Kier alpha value is 0.190. The van der Waals surface area contributed by atoms with E-state index in [0.717, 1.165) is 26.2 Å². The standard InChI is InChI=1S/C11H23N2O4P/c1-10-11(17-10)18(14,12-2-6-15-7-3-12)13-4-8-16-9-5-13/h10-11,14,18H,2-9H2,1H3. The number of hydrogen-bond donors (Lipinski definition) is 1. The molecule has 3 aliphatic heterocycles. The summed E-state index contributed by atoms with van der Waals surface area (Å²) >= 11 is 0. The van der Waals surface area contributed by atoms with E-state index >= 15 is 0 Å². The Bertz CT molecular complexity index is 277. The van der Waals surface area contributed by atoms with Crippen LogP contribution in [0, 0.1) is 0 Å². The van der Waals surface area contributed by atoms with Crippen LogP contribution in [0.3, 0.4) is 0 Å². The van der Waals surface area contributed by atoms with E-state index < -0.39 is 7.79 Å². The van der Waals surface area contributed by atoms with Crippen molar-refractivity contribution in [1.29, 1.82) is 0 Å². The van der Waals surface area contributed by atoms with Crippen LogP contribution in [0.15, 0.2) is 0 Å². The van der Waals surface area contributed by atoms with Crippen molar-refractivity contribution in [3.05, 3.63) is 0 Å². The van der Waals surface area contributed by atoms with Gasteiger partial charge >= 0.3 is 108 Å². The zero-order valence-corrected chi connectivity index (χ0v) is 11.9. The second-order valence-corrected chi connectivity index (χ2v) is 8.36. The van der Waals surface area contributed by atoms with E-state index in [1.807, 2.05) is 6.92 Å². The molecule has 7 heteroatoms. The summed E-state index contributed by atoms with van der Waals surface area (Å²) < 4.78 is 20.9. The summed E-state index contributed by atoms with van der Waals surface area (Å²) in [6.07, 6.45) is 0.187. The maximum atomic E-state index is 11.3. The Labute approximate surface area is 108 Å². The molecular weight excluding hydrogens is 255 g/mol. The Balaban J connectivity index is 1.77. The van der Waals surface area contributed by atoms with E-state index in [0.29, 0.717) is 26.4 Å². The van der Waals surface area contributed by atoms with Crippen LogP contribution < -0.4 is 0 Å². The van der Waals surface area contributed by atoms with Crippen molar-refractivity contribution < 1.29 is 19.1 Å². The third-order valence-corrected chi connectivity index (χ3v) is 8.17. The van der Waals surface area contributed by atoms with Crippen molar-refractivity contribution in [2.24, 2.45) is 0 Å². The van der Waals surface area contributed by atoms with Gasteiger partial charge in [-0.3, -0.25) is 0 Å². The number of ether oxygens (including phenoxy) is 3. The van der Waals surface area contributed by atoms with Gasteiger partial charge in [0.25, 0.3) is 0 Å². The van der Waals surface area contributed by atoms with Crippen molar-refractivity contribution in [3.8, 4) is 0 Å². The van der Waals surface area contributed by atoms with Gasteiger partial charge in [-0.2, -0.15) is 0 Å². The summed E-state index contributed by atoms with van der Waals surface area (Å²) in [5, 5.41) is 0. The fourth-order valence-corrected chi connectivity index (χ4v) is 6.77. The predicted molar refractivity (Wildman–Crippen MR) is 69.7 cm³/mol. The molecule has 3 heterocycles. The summed E-state index contributed by atoms with van der Waals surface area (Å²) in [5.74, 6) is 0.0219. The Morgan fingerprint density at radius 1 is 0.944 bits per heavy atom. The third-order valence-electron chi connectivity index (χ3n) is 4.05. The van der Waals surface area contributed by atoms with Crippen LogP contribution >= 0.6 is 7.79 Å². The fourth-order valence-electron chi connectivity index (χ4n) is 2.94. The topological polar surface area (TPSA) is 57.7 Å². The van der Waals surface area contributed by atoms with Crippen molar-refractivity contribution in [3.63, 3.8) is 0 Å². The van der Waals surface area contributed by atoms with Gasteiger partial charge in [0.15, 0.2) is 0 Å². The normalized spacial score (nSPS) is 36.6. The molecule has 0 radical (unpaired) electrons. The number of nitrogens with zero attached hydrogens (tertiary/aromatic N) is 2. The summed E-state index contributed by atoms with van der Waals surface area (Å²) in [7, 11) is -2.69. The first-order chi connectivity index (χ1) is 8.73. The van der Waals surface area contributed by atoms with Gasteiger partial charge < -0.3 is 0 Å². The van der Waals surface area contributed by atoms with Gasteiger partial charge in [-0.1, -0.05) is 0 Å². The molecule has 2 unspecified atom stereocenters. The SMILES string of the molecule is CC1OC1[PH](O)(N1CCOCC1)N1CCOCC1. The van der Waals surface area contributed by atoms with Gasteiger partial charge in [-0.05, 0) is 0 Å². The molecule has 3 rings (SSSR count). The molecular formula is C11H23N2O4P. The summed E-state index contributed by atoms with van der Waals surface area (Å²) in [6, 6.07) is 0. The van der Waals surface area contributed by atoms with E-state index in [-0.39, 0.29) is 11.9 Å². The van der Waals surface area contributed by atoms with Crippen molar-refractivity contribution in [2.45, 2.75) is 18.9 Å². The summed E-state index contributed by atoms with van der Waals surface area (Å²) in [5.41, 5.74) is 0. The quantitative estimate of drug-likeness (QED) is 0.574. The van der Waals surface area contributed by atoms with Gasteiger partial charge in [-0.15, -0.1) is 0 Å². The molecule has 6 nitrogen and oxygen atoms in total. The zero-order chi connectivity index (χ0) is 12.6. The van der Waals surface area contributed by atoms with Gasteiger partial charge in [0.2, 0.25) is 0 Å². The van der Waals surface area contributed by atoms with Crippen molar-refractivity contribution >= 4 is 7.79 Å². The molecule has 18 heavy (non-hydrogen) atoms. The van der Waals surface area contributed by atoms with E-state index in [4.69, 9.17) is 14.2 Å². The summed E-state index contributed by atoms with van der Waals surface area (Å²) in [6.45, 7) is 8.13. The first-order valence-corrected chi connectivity index (χ1v) is 8.68. The van der Waals surface area contributed by atoms with Crippen molar-refractivity contribution in [1.82, 2.24) is 9.34 Å². The number of morpholine rings is 2. The van der Waals surface area contributed by atoms with Crippen LogP contribution in [-0.4, -0.2) is 78.8 Å². The second kappa shape index (κ2) is 5.29. The van der Waals surface area contributed by atoms with Crippen LogP contribution in [0.4, 0.5) is 0 Å². The van der Waals surface area contributed by atoms with Crippen molar-refractivity contribution in [2.75, 3.05) is 52.6 Å². The molecule has 0 saturated carbocycles. The van der Waals surface area contributed by atoms with Crippen LogP contribution in [0.5, 0.6) is 0 Å². The average Bonchev–Trinajstić information content (AvgIpc) is 3.17. The maximum absolute atomic E-state index is 11.3. The molecule has 3 saturated heterocycles. The predicted octanol–water partition coefficient (Wildman–Crippen LogP) is -0.117. The Morgan fingerprint density at radius 2 is 1.33 bits per heavy atom. The van der Waals surface area contributed by atoms with Crippen LogP contribution in [0.2, 0.25) is 0 Å². The molecule has 0 aliphatic carbocycles. The second-order valence-electron chi connectivity index (χ2n) is 5.15. The Kier molecular flexibility index (Phi) is 3.87. The molecule has 0 aromatic carbocycles. The molecule has 2 atom stereocenters. The van der Waals surface area contributed by atoms with Crippen LogP contribution in [0.25, 0.3) is 0 Å². The monoisotopic (exact) mass is 278 g/mol. The van der Waals surface area contributed by atoms with E-state index in [2.05, 4.69) is 9.34 Å². The summed E-state index contributed by atoms with van der Waals surface area (Å²) in [4.78, 5) is 11.3. The first-order valence-electron chi connectivity index (χ1n) is 6.76. The molecule has 1 N–H and O–H groups in total. The first kappa shape index (κ1) is 13.2. The molecule has 106 valence electrons. The number of epoxide rings is 1. The van der Waals surface area contributed by atoms with Crippen LogP contribution in [-0.2, 0) is 14.2 Å². The zero-order valence-electron chi connectivity index (χ0n) is 10.9. The van der Waals surface area contributed by atoms with Gasteiger partial charge in [0.1, 0.15) is 0 Å². The molecule has 0 bridgehead atoms. The average molecular weight is 278 g/mol. The van der Waals surface area contributed by atoms with Crippen LogP contribution in [0.1, 0.15) is 6.92 Å². The van der Waals surface area contributed by atoms with Gasteiger partial charge in [0.05, 0.1) is 0 Å².